The predicted molar refractivity (Wildman–Crippen MR) is 81.5 cm³/mol. The number of ether oxygens (including phenoxy) is 3. The minimum Gasteiger partial charge on any atom is -0.467 e. The third-order valence-electron chi connectivity index (χ3n) is 2.98. The zero-order chi connectivity index (χ0) is 15.7. The van der Waals surface area contributed by atoms with Crippen LogP contribution in [0.1, 0.15) is 18.9 Å². The average molecular weight is 290 g/mol. The zero-order valence-electron chi connectivity index (χ0n) is 12.6. The predicted octanol–water partition coefficient (Wildman–Crippen LogP) is 3.24. The molecule has 0 aromatic heterocycles. The van der Waals surface area contributed by atoms with Gasteiger partial charge in [0, 0.05) is 6.42 Å². The van der Waals surface area contributed by atoms with Gasteiger partial charge in [-0.15, -0.1) is 6.58 Å². The van der Waals surface area contributed by atoms with Crippen molar-refractivity contribution in [1.29, 1.82) is 0 Å². The van der Waals surface area contributed by atoms with Crippen molar-refractivity contribution >= 4 is 5.97 Å². The van der Waals surface area contributed by atoms with Crippen LogP contribution in [-0.4, -0.2) is 25.0 Å². The van der Waals surface area contributed by atoms with Crippen molar-refractivity contribution in [3.8, 4) is 0 Å². The molecule has 0 aliphatic rings. The molecule has 0 N–H and O–H groups in total. The maximum absolute atomic E-state index is 11.9. The summed E-state index contributed by atoms with van der Waals surface area (Å²) in [5.74, 6) is -0.474. The van der Waals surface area contributed by atoms with Crippen molar-refractivity contribution in [2.45, 2.75) is 31.8 Å². The molecule has 0 aliphatic heterocycles. The molecule has 4 heteroatoms. The molecule has 2 atom stereocenters. The number of carbonyl (C=O) groups is 1. The first kappa shape index (κ1) is 17.1. The smallest absolute Gasteiger partial charge is 0.338 e. The molecule has 0 saturated carbocycles. The van der Waals surface area contributed by atoms with Gasteiger partial charge >= 0.3 is 5.97 Å². The Balaban J connectivity index is 2.68. The summed E-state index contributed by atoms with van der Waals surface area (Å²) in [6.45, 7) is 9.32. The third-order valence-corrected chi connectivity index (χ3v) is 2.98. The molecule has 0 spiro atoms. The van der Waals surface area contributed by atoms with Crippen LogP contribution in [0.2, 0.25) is 0 Å². The second-order valence-electron chi connectivity index (χ2n) is 4.73. The lowest BCUT2D eigenvalue weighted by molar-refractivity contribution is -0.206. The van der Waals surface area contributed by atoms with Gasteiger partial charge in [0.1, 0.15) is 0 Å². The molecule has 0 heterocycles. The second-order valence-corrected chi connectivity index (χ2v) is 4.73. The molecule has 0 aliphatic carbocycles. The summed E-state index contributed by atoms with van der Waals surface area (Å²) >= 11 is 0. The Morgan fingerprint density at radius 2 is 2.00 bits per heavy atom. The van der Waals surface area contributed by atoms with Crippen molar-refractivity contribution in [2.24, 2.45) is 0 Å². The van der Waals surface area contributed by atoms with Crippen LogP contribution >= 0.6 is 0 Å². The molecule has 114 valence electrons. The SMILES string of the molecule is C=CCC(C)(OC(C=C)OCc1ccccc1)C(=O)OC. The van der Waals surface area contributed by atoms with E-state index in [9.17, 15) is 4.79 Å². The second kappa shape index (κ2) is 8.39. The van der Waals surface area contributed by atoms with Gasteiger partial charge in [0.2, 0.25) is 0 Å². The van der Waals surface area contributed by atoms with E-state index in [4.69, 9.17) is 14.2 Å². The largest absolute Gasteiger partial charge is 0.467 e. The van der Waals surface area contributed by atoms with Gasteiger partial charge in [0.05, 0.1) is 13.7 Å². The molecule has 4 nitrogen and oxygen atoms in total. The number of hydrogen-bond acceptors (Lipinski definition) is 4. The van der Waals surface area contributed by atoms with Crippen molar-refractivity contribution in [3.63, 3.8) is 0 Å². The molecule has 0 amide bonds. The summed E-state index contributed by atoms with van der Waals surface area (Å²) in [5, 5.41) is 0. The first-order chi connectivity index (χ1) is 10.1. The molecular weight excluding hydrogens is 268 g/mol. The van der Waals surface area contributed by atoms with Crippen molar-refractivity contribution < 1.29 is 19.0 Å². The van der Waals surface area contributed by atoms with Crippen LogP contribution in [0.25, 0.3) is 0 Å². The zero-order valence-corrected chi connectivity index (χ0v) is 12.6. The number of methoxy groups -OCH3 is 1. The highest BCUT2D eigenvalue weighted by atomic mass is 16.7. The Bertz CT molecular complexity index is 469. The van der Waals surface area contributed by atoms with E-state index in [1.807, 2.05) is 30.3 Å². The molecular formula is C17H22O4. The summed E-state index contributed by atoms with van der Waals surface area (Å²) in [4.78, 5) is 11.9. The van der Waals surface area contributed by atoms with Crippen LogP contribution in [0, 0.1) is 0 Å². The molecule has 21 heavy (non-hydrogen) atoms. The lowest BCUT2D eigenvalue weighted by Crippen LogP contribution is -2.42. The number of hydrogen-bond donors (Lipinski definition) is 0. The maximum atomic E-state index is 11.9. The topological polar surface area (TPSA) is 44.8 Å². The van der Waals surface area contributed by atoms with Crippen molar-refractivity contribution in [2.75, 3.05) is 7.11 Å². The highest BCUT2D eigenvalue weighted by Crippen LogP contribution is 2.22. The van der Waals surface area contributed by atoms with Gasteiger partial charge in [-0.25, -0.2) is 4.79 Å². The van der Waals surface area contributed by atoms with Crippen LogP contribution < -0.4 is 0 Å². The standard InChI is InChI=1S/C17H22O4/c1-5-12-17(3,16(18)19-4)21-15(6-2)20-13-14-10-8-7-9-11-14/h5-11,15H,1-2,12-13H2,3-4H3. The quantitative estimate of drug-likeness (QED) is 0.398. The van der Waals surface area contributed by atoms with Gasteiger partial charge in [-0.1, -0.05) is 43.0 Å². The number of carbonyl (C=O) groups excluding carboxylic acids is 1. The Hall–Kier alpha value is -1.91. The van der Waals surface area contributed by atoms with Crippen LogP contribution in [0.4, 0.5) is 0 Å². The van der Waals surface area contributed by atoms with E-state index in [0.29, 0.717) is 13.0 Å². The lowest BCUT2D eigenvalue weighted by Gasteiger charge is -2.29. The summed E-state index contributed by atoms with van der Waals surface area (Å²) in [7, 11) is 1.32. The van der Waals surface area contributed by atoms with Crippen LogP contribution in [0.15, 0.2) is 55.6 Å². The normalized spacial score (nSPS) is 14.8. The van der Waals surface area contributed by atoms with Gasteiger partial charge in [-0.3, -0.25) is 0 Å². The molecule has 0 fully saturated rings. The van der Waals surface area contributed by atoms with E-state index in [1.54, 1.807) is 13.0 Å². The van der Waals surface area contributed by atoms with Gasteiger partial charge in [0.25, 0.3) is 0 Å². The Labute approximate surface area is 126 Å². The van der Waals surface area contributed by atoms with Crippen molar-refractivity contribution in [1.82, 2.24) is 0 Å². The molecule has 2 unspecified atom stereocenters. The van der Waals surface area contributed by atoms with Crippen LogP contribution in [0.3, 0.4) is 0 Å². The van der Waals surface area contributed by atoms with E-state index >= 15 is 0 Å². The molecule has 1 aromatic rings. The van der Waals surface area contributed by atoms with Crippen molar-refractivity contribution in [3.05, 3.63) is 61.2 Å². The van der Waals surface area contributed by atoms with Crippen LogP contribution in [0.5, 0.6) is 0 Å². The molecule has 0 radical (unpaired) electrons. The summed E-state index contributed by atoms with van der Waals surface area (Å²) in [5.41, 5.74) is -0.136. The first-order valence-electron chi connectivity index (χ1n) is 6.71. The lowest BCUT2D eigenvalue weighted by atomic mass is 10.0. The van der Waals surface area contributed by atoms with Crippen LogP contribution in [-0.2, 0) is 25.6 Å². The monoisotopic (exact) mass is 290 g/mol. The number of esters is 1. The van der Waals surface area contributed by atoms with E-state index in [0.717, 1.165) is 5.56 Å². The third kappa shape index (κ3) is 5.17. The molecule has 1 aromatic carbocycles. The van der Waals surface area contributed by atoms with E-state index in [2.05, 4.69) is 13.2 Å². The minimum absolute atomic E-state index is 0.318. The van der Waals surface area contributed by atoms with Gasteiger partial charge in [-0.05, 0) is 18.6 Å². The maximum Gasteiger partial charge on any atom is 0.338 e. The highest BCUT2D eigenvalue weighted by Gasteiger charge is 2.36. The minimum atomic E-state index is -1.15. The Morgan fingerprint density at radius 3 is 2.52 bits per heavy atom. The van der Waals surface area contributed by atoms with Gasteiger partial charge < -0.3 is 14.2 Å². The van der Waals surface area contributed by atoms with E-state index in [1.165, 1.54) is 13.2 Å². The molecule has 0 bridgehead atoms. The fraction of sp³-hybridized carbons (Fsp3) is 0.353. The number of benzene rings is 1. The summed E-state index contributed by atoms with van der Waals surface area (Å²) < 4.78 is 16.1. The van der Waals surface area contributed by atoms with E-state index in [-0.39, 0.29) is 0 Å². The number of rotatable bonds is 9. The van der Waals surface area contributed by atoms with Gasteiger partial charge in [0.15, 0.2) is 11.9 Å². The fourth-order valence-corrected chi connectivity index (χ4v) is 1.83. The fourth-order valence-electron chi connectivity index (χ4n) is 1.83. The first-order valence-corrected chi connectivity index (χ1v) is 6.71. The Morgan fingerprint density at radius 1 is 1.33 bits per heavy atom. The average Bonchev–Trinajstić information content (AvgIpc) is 2.51. The molecule has 1 rings (SSSR count). The molecule has 0 saturated heterocycles. The van der Waals surface area contributed by atoms with E-state index < -0.39 is 17.9 Å². The summed E-state index contributed by atoms with van der Waals surface area (Å²) in [6, 6.07) is 9.69. The Kier molecular flexibility index (Phi) is 6.85. The summed E-state index contributed by atoms with van der Waals surface area (Å²) in [6.07, 6.45) is 2.72. The van der Waals surface area contributed by atoms with Gasteiger partial charge in [-0.2, -0.15) is 0 Å². The highest BCUT2D eigenvalue weighted by molar-refractivity contribution is 5.79.